The molecule has 6 aromatic rings. The predicted octanol–water partition coefficient (Wildman–Crippen LogP) is 10.3. The number of hydrogen-bond donors (Lipinski definition) is 1. The van der Waals surface area contributed by atoms with Crippen LogP contribution in [0.15, 0.2) is 157 Å². The van der Waals surface area contributed by atoms with Crippen molar-refractivity contribution in [2.45, 2.75) is 88.6 Å². The lowest BCUT2D eigenvalue weighted by molar-refractivity contribution is -0.613. The zero-order chi connectivity index (χ0) is 48.4. The number of nitrogens with two attached hydrogens (primary N) is 1. The lowest BCUT2D eigenvalue weighted by Crippen LogP contribution is -2.59. The Hall–Kier alpha value is -6.86. The molecule has 2 N–H and O–H groups in total. The van der Waals surface area contributed by atoms with Crippen molar-refractivity contribution in [3.8, 4) is 0 Å². The fraction of sp³-hybridized carbons (Fsp3) is 0.316. The third kappa shape index (κ3) is 9.61. The second-order valence-corrected chi connectivity index (χ2v) is 19.4. The van der Waals surface area contributed by atoms with E-state index in [4.69, 9.17) is 15.2 Å². The van der Waals surface area contributed by atoms with Crippen molar-refractivity contribution >= 4 is 11.9 Å². The topological polar surface area (TPSA) is 154 Å². The monoisotopic (exact) mass is 923 g/mol. The molecule has 0 bridgehead atoms. The minimum Gasteiger partial charge on any atom is -0.426 e. The number of benzene rings is 4. The van der Waals surface area contributed by atoms with Gasteiger partial charge in [-0.3, -0.25) is 19.9 Å². The van der Waals surface area contributed by atoms with E-state index in [2.05, 4.69) is 82.1 Å². The highest BCUT2D eigenvalue weighted by molar-refractivity contribution is 5.91. The molecule has 353 valence electrons. The lowest BCUT2D eigenvalue weighted by Gasteiger charge is -2.45. The van der Waals surface area contributed by atoms with Gasteiger partial charge in [-0.15, -0.1) is 0 Å². The van der Waals surface area contributed by atoms with E-state index in [-0.39, 0.29) is 59.3 Å². The fourth-order valence-electron chi connectivity index (χ4n) is 9.99. The molecule has 0 amide bonds. The van der Waals surface area contributed by atoms with Crippen LogP contribution < -0.4 is 5.73 Å². The summed E-state index contributed by atoms with van der Waals surface area (Å²) < 4.78 is 12.1. The normalized spacial score (nSPS) is 19.2. The average Bonchev–Trinajstić information content (AvgIpc) is 3.33. The Balaban J connectivity index is 0.954. The van der Waals surface area contributed by atoms with E-state index < -0.39 is 28.6 Å². The van der Waals surface area contributed by atoms with Crippen LogP contribution in [0.5, 0.6) is 0 Å². The molecule has 9 rings (SSSR count). The molecule has 69 heavy (non-hydrogen) atoms. The quantitative estimate of drug-likeness (QED) is 0.0453. The molecular weight excluding hydrogens is 865 g/mol. The molecule has 1 aliphatic carbocycles. The van der Waals surface area contributed by atoms with E-state index in [9.17, 15) is 19.7 Å². The second kappa shape index (κ2) is 20.0. The summed E-state index contributed by atoms with van der Waals surface area (Å²) in [6.45, 7) is 12.5. The summed E-state index contributed by atoms with van der Waals surface area (Å²) in [4.78, 5) is 55.5. The molecule has 0 saturated carbocycles. The second-order valence-electron chi connectivity index (χ2n) is 19.4. The number of pyridine rings is 2. The molecule has 12 nitrogen and oxygen atoms in total. The Kier molecular flexibility index (Phi) is 13.7. The van der Waals surface area contributed by atoms with Crippen molar-refractivity contribution in [2.75, 3.05) is 26.2 Å². The molecule has 2 aromatic heterocycles. The van der Waals surface area contributed by atoms with Gasteiger partial charge in [-0.25, -0.2) is 19.6 Å². The van der Waals surface area contributed by atoms with Crippen molar-refractivity contribution in [3.05, 3.63) is 230 Å². The summed E-state index contributed by atoms with van der Waals surface area (Å²) in [6, 6.07) is 44.0. The molecular formula is C57H59N6O6. The number of aromatic nitrogens is 2. The highest BCUT2D eigenvalue weighted by Crippen LogP contribution is 2.43. The van der Waals surface area contributed by atoms with Gasteiger partial charge in [-0.1, -0.05) is 161 Å². The van der Waals surface area contributed by atoms with Crippen molar-refractivity contribution < 1.29 is 24.0 Å². The molecule has 2 atom stereocenters. The molecule has 12 heteroatoms. The first-order valence-electron chi connectivity index (χ1n) is 23.9. The van der Waals surface area contributed by atoms with Gasteiger partial charge in [0, 0.05) is 50.4 Å². The van der Waals surface area contributed by atoms with Crippen LogP contribution in [0.1, 0.15) is 142 Å². The first-order chi connectivity index (χ1) is 33.3. The number of likely N-dealkylation sites (tertiary alicyclic amines) is 2. The molecule has 3 aliphatic rings. The first kappa shape index (κ1) is 47.2. The Bertz CT molecular complexity index is 2750. The SMILES string of the molecule is CC1=C(OC(=O)c2ncc(C(C)C)cc2C2CN(C(c3ccccc3)c3ccccc3)C2)[CH]C(OC(=O)c2ncc(C(C)C)cc2C2CN(C(c3ccccc3)c3ccccc3)C2)([N+](=O)[O-])C(N)C1. The van der Waals surface area contributed by atoms with E-state index in [0.29, 0.717) is 37.3 Å². The Morgan fingerprint density at radius 2 is 1.01 bits per heavy atom. The van der Waals surface area contributed by atoms with E-state index in [0.717, 1.165) is 34.2 Å². The Morgan fingerprint density at radius 1 is 0.638 bits per heavy atom. The average molecular weight is 924 g/mol. The standard InChI is InChI=1S/C57H59N6O6/c1-36(2)43-27-47(45-32-61(33-45)53(39-18-10-6-11-19-39)40-20-12-7-13-21-40)51(59-30-43)55(64)68-49-29-57(63(66)67,50(58)26-38(49)5)69-56(65)52-48(28-44(31-60-52)37(3)4)46-34-62(35-46)54(41-22-14-8-15-23-41)42-24-16-9-17-25-42/h6-25,27-31,36-37,45-46,50,53-54H,26,32-35,58H2,1-5H3. The number of rotatable bonds is 15. The minimum atomic E-state index is -2.57. The number of esters is 2. The van der Waals surface area contributed by atoms with E-state index in [1.54, 1.807) is 19.3 Å². The summed E-state index contributed by atoms with van der Waals surface area (Å²) in [6.07, 6.45) is 4.30. The molecule has 2 fully saturated rings. The number of ether oxygens (including phenoxy) is 2. The largest absolute Gasteiger partial charge is 0.426 e. The predicted molar refractivity (Wildman–Crippen MR) is 265 cm³/mol. The van der Waals surface area contributed by atoms with Gasteiger partial charge in [0.25, 0.3) is 0 Å². The van der Waals surface area contributed by atoms with Gasteiger partial charge in [-0.2, -0.15) is 0 Å². The maximum atomic E-state index is 14.5. The third-order valence-electron chi connectivity index (χ3n) is 14.0. The van der Waals surface area contributed by atoms with Crippen LogP contribution in [-0.4, -0.2) is 74.6 Å². The molecule has 2 aliphatic heterocycles. The van der Waals surface area contributed by atoms with Gasteiger partial charge in [0.05, 0.1) is 17.0 Å². The van der Waals surface area contributed by atoms with Crippen LogP contribution in [0.3, 0.4) is 0 Å². The van der Waals surface area contributed by atoms with Crippen LogP contribution in [-0.2, 0) is 9.47 Å². The van der Waals surface area contributed by atoms with Crippen LogP contribution in [0, 0.1) is 16.5 Å². The molecule has 2 unspecified atom stereocenters. The maximum absolute atomic E-state index is 14.5. The van der Waals surface area contributed by atoms with Crippen LogP contribution >= 0.6 is 0 Å². The first-order valence-corrected chi connectivity index (χ1v) is 23.9. The van der Waals surface area contributed by atoms with Crippen molar-refractivity contribution in [1.82, 2.24) is 19.8 Å². The summed E-state index contributed by atoms with van der Waals surface area (Å²) in [7, 11) is 0. The van der Waals surface area contributed by atoms with Gasteiger partial charge in [-0.05, 0) is 75.3 Å². The molecule has 2 saturated heterocycles. The van der Waals surface area contributed by atoms with E-state index in [1.165, 1.54) is 11.1 Å². The van der Waals surface area contributed by atoms with Crippen molar-refractivity contribution in [2.24, 2.45) is 5.73 Å². The van der Waals surface area contributed by atoms with Gasteiger partial charge in [0.1, 0.15) is 18.2 Å². The number of nitro groups is 1. The van der Waals surface area contributed by atoms with E-state index >= 15 is 0 Å². The zero-order valence-corrected chi connectivity index (χ0v) is 39.8. The van der Waals surface area contributed by atoms with Crippen molar-refractivity contribution in [1.29, 1.82) is 0 Å². The highest BCUT2D eigenvalue weighted by atomic mass is 16.7. The van der Waals surface area contributed by atoms with Crippen LogP contribution in [0.25, 0.3) is 0 Å². The van der Waals surface area contributed by atoms with Crippen LogP contribution in [0.4, 0.5) is 0 Å². The maximum Gasteiger partial charge on any atom is 0.391 e. The van der Waals surface area contributed by atoms with Gasteiger partial charge < -0.3 is 15.2 Å². The van der Waals surface area contributed by atoms with Gasteiger partial charge in [0.2, 0.25) is 0 Å². The van der Waals surface area contributed by atoms with Gasteiger partial charge in [0.15, 0.2) is 11.4 Å². The molecule has 0 spiro atoms. The van der Waals surface area contributed by atoms with Gasteiger partial charge >= 0.3 is 17.7 Å². The summed E-state index contributed by atoms with van der Waals surface area (Å²) in [5, 5.41) is 13.3. The number of hydrogen-bond acceptors (Lipinski definition) is 11. The number of carbonyl (C=O) groups excluding carboxylic acids is 2. The minimum absolute atomic E-state index is 0.0120. The summed E-state index contributed by atoms with van der Waals surface area (Å²) in [5.41, 5.74) is 12.6. The highest BCUT2D eigenvalue weighted by Gasteiger charge is 2.58. The molecule has 4 aromatic carbocycles. The summed E-state index contributed by atoms with van der Waals surface area (Å²) in [5.74, 6) is -1.75. The molecule has 4 heterocycles. The third-order valence-corrected chi connectivity index (χ3v) is 14.0. The summed E-state index contributed by atoms with van der Waals surface area (Å²) >= 11 is 0. The fourth-order valence-corrected chi connectivity index (χ4v) is 9.99. The number of carbonyl (C=O) groups is 2. The Morgan fingerprint density at radius 3 is 1.38 bits per heavy atom. The Labute approximate surface area is 404 Å². The van der Waals surface area contributed by atoms with Crippen LogP contribution in [0.2, 0.25) is 0 Å². The number of nitrogens with zero attached hydrogens (tertiary/aromatic N) is 5. The molecule has 1 radical (unpaired) electrons. The lowest BCUT2D eigenvalue weighted by atomic mass is 9.84. The van der Waals surface area contributed by atoms with E-state index in [1.807, 2.05) is 98.8 Å². The smallest absolute Gasteiger partial charge is 0.391 e. The zero-order valence-electron chi connectivity index (χ0n) is 39.8. The van der Waals surface area contributed by atoms with Crippen molar-refractivity contribution in [3.63, 3.8) is 0 Å².